The Labute approximate surface area is 98.7 Å². The van der Waals surface area contributed by atoms with Crippen LogP contribution in [0.1, 0.15) is 15.9 Å². The van der Waals surface area contributed by atoms with Crippen molar-refractivity contribution in [2.24, 2.45) is 0 Å². The lowest BCUT2D eigenvalue weighted by molar-refractivity contribution is 0.103. The monoisotopic (exact) mass is 231 g/mol. The Morgan fingerprint density at radius 2 is 1.81 bits per heavy atom. The lowest BCUT2D eigenvalue weighted by atomic mass is 10.0. The molecule has 2 aromatic rings. The highest BCUT2D eigenvalue weighted by Gasteiger charge is 2.11. The highest BCUT2D eigenvalue weighted by atomic mass is 35.5. The van der Waals surface area contributed by atoms with E-state index in [4.69, 9.17) is 17.3 Å². The van der Waals surface area contributed by atoms with E-state index in [1.165, 1.54) is 0 Å². The SMILES string of the molecule is Nc1ccccc1C(=O)c1cccc(Cl)c1. The summed E-state index contributed by atoms with van der Waals surface area (Å²) in [7, 11) is 0. The number of anilines is 1. The van der Waals surface area contributed by atoms with Crippen LogP contribution in [0.4, 0.5) is 5.69 Å². The predicted molar refractivity (Wildman–Crippen MR) is 65.7 cm³/mol. The molecular weight excluding hydrogens is 222 g/mol. The first-order valence-corrected chi connectivity index (χ1v) is 5.21. The van der Waals surface area contributed by atoms with Gasteiger partial charge in [0.1, 0.15) is 0 Å². The standard InChI is InChI=1S/C13H10ClNO/c14-10-5-3-4-9(8-10)13(16)11-6-1-2-7-12(11)15/h1-8H,15H2. The maximum absolute atomic E-state index is 12.1. The van der Waals surface area contributed by atoms with Crippen molar-refractivity contribution in [3.8, 4) is 0 Å². The van der Waals surface area contributed by atoms with Crippen molar-refractivity contribution in [1.29, 1.82) is 0 Å². The predicted octanol–water partition coefficient (Wildman–Crippen LogP) is 3.15. The van der Waals surface area contributed by atoms with Crippen LogP contribution >= 0.6 is 11.6 Å². The fourth-order valence-electron chi connectivity index (χ4n) is 1.49. The van der Waals surface area contributed by atoms with Crippen molar-refractivity contribution in [3.63, 3.8) is 0 Å². The lowest BCUT2D eigenvalue weighted by Crippen LogP contribution is -2.04. The van der Waals surface area contributed by atoms with Crippen molar-refractivity contribution in [2.75, 3.05) is 5.73 Å². The molecule has 3 heteroatoms. The molecule has 0 atom stereocenters. The first-order chi connectivity index (χ1) is 7.68. The van der Waals surface area contributed by atoms with E-state index in [-0.39, 0.29) is 5.78 Å². The number of benzene rings is 2. The Bertz CT molecular complexity index is 537. The second-order valence-corrected chi connectivity index (χ2v) is 3.86. The summed E-state index contributed by atoms with van der Waals surface area (Å²) in [6, 6.07) is 13.8. The molecule has 0 bridgehead atoms. The number of hydrogen-bond donors (Lipinski definition) is 1. The quantitative estimate of drug-likeness (QED) is 0.637. The molecule has 0 spiro atoms. The average molecular weight is 232 g/mol. The van der Waals surface area contributed by atoms with Gasteiger partial charge in [0.25, 0.3) is 0 Å². The number of carbonyl (C=O) groups excluding carboxylic acids is 1. The molecule has 2 N–H and O–H groups in total. The van der Waals surface area contributed by atoms with Gasteiger partial charge >= 0.3 is 0 Å². The minimum atomic E-state index is -0.111. The summed E-state index contributed by atoms with van der Waals surface area (Å²) in [5.41, 5.74) is 7.27. The van der Waals surface area contributed by atoms with Gasteiger partial charge in [-0.1, -0.05) is 35.9 Å². The number of nitrogen functional groups attached to an aromatic ring is 1. The van der Waals surface area contributed by atoms with Gasteiger partial charge in [0.05, 0.1) is 0 Å². The molecule has 0 saturated heterocycles. The number of carbonyl (C=O) groups is 1. The Kier molecular flexibility index (Phi) is 2.93. The number of hydrogen-bond acceptors (Lipinski definition) is 2. The van der Waals surface area contributed by atoms with Gasteiger partial charge < -0.3 is 5.73 Å². The first-order valence-electron chi connectivity index (χ1n) is 4.83. The van der Waals surface area contributed by atoms with Crippen LogP contribution in [-0.4, -0.2) is 5.78 Å². The van der Waals surface area contributed by atoms with Gasteiger partial charge in [0.2, 0.25) is 0 Å². The van der Waals surface area contributed by atoms with Crippen molar-refractivity contribution in [3.05, 3.63) is 64.7 Å². The zero-order chi connectivity index (χ0) is 11.5. The van der Waals surface area contributed by atoms with Gasteiger partial charge in [-0.25, -0.2) is 0 Å². The molecule has 16 heavy (non-hydrogen) atoms. The van der Waals surface area contributed by atoms with E-state index in [0.717, 1.165) is 0 Å². The van der Waals surface area contributed by atoms with Gasteiger partial charge in [0.15, 0.2) is 5.78 Å². The largest absolute Gasteiger partial charge is 0.398 e. The molecular formula is C13H10ClNO. The zero-order valence-electron chi connectivity index (χ0n) is 8.48. The fraction of sp³-hybridized carbons (Fsp3) is 0. The number of rotatable bonds is 2. The van der Waals surface area contributed by atoms with Crippen molar-refractivity contribution >= 4 is 23.1 Å². The Morgan fingerprint density at radius 3 is 2.50 bits per heavy atom. The van der Waals surface area contributed by atoms with Gasteiger partial charge in [-0.2, -0.15) is 0 Å². The minimum absolute atomic E-state index is 0.111. The smallest absolute Gasteiger partial charge is 0.195 e. The van der Waals surface area contributed by atoms with E-state index in [1.807, 2.05) is 0 Å². The number of para-hydroxylation sites is 1. The lowest BCUT2D eigenvalue weighted by Gasteiger charge is -2.04. The molecule has 0 heterocycles. The Morgan fingerprint density at radius 1 is 1.06 bits per heavy atom. The normalized spacial score (nSPS) is 10.1. The molecule has 2 aromatic carbocycles. The van der Waals surface area contributed by atoms with E-state index >= 15 is 0 Å². The summed E-state index contributed by atoms with van der Waals surface area (Å²) in [6.07, 6.45) is 0. The van der Waals surface area contributed by atoms with Crippen LogP contribution < -0.4 is 5.73 Å². The van der Waals surface area contributed by atoms with Crippen LogP contribution in [0.5, 0.6) is 0 Å². The summed E-state index contributed by atoms with van der Waals surface area (Å²) in [6.45, 7) is 0. The highest BCUT2D eigenvalue weighted by Crippen LogP contribution is 2.18. The number of nitrogens with two attached hydrogens (primary N) is 1. The fourth-order valence-corrected chi connectivity index (χ4v) is 1.68. The maximum atomic E-state index is 12.1. The third kappa shape index (κ3) is 2.07. The molecule has 0 amide bonds. The third-order valence-corrected chi connectivity index (χ3v) is 2.53. The molecule has 0 aliphatic heterocycles. The van der Waals surface area contributed by atoms with E-state index in [2.05, 4.69) is 0 Å². The topological polar surface area (TPSA) is 43.1 Å². The summed E-state index contributed by atoms with van der Waals surface area (Å²) in [5, 5.41) is 0.542. The summed E-state index contributed by atoms with van der Waals surface area (Å²) >= 11 is 5.83. The molecule has 0 fully saturated rings. The van der Waals surface area contributed by atoms with Crippen LogP contribution in [0.2, 0.25) is 5.02 Å². The van der Waals surface area contributed by atoms with E-state index in [0.29, 0.717) is 21.8 Å². The maximum Gasteiger partial charge on any atom is 0.195 e. The summed E-state index contributed by atoms with van der Waals surface area (Å²) in [5.74, 6) is -0.111. The number of ketones is 1. The van der Waals surface area contributed by atoms with Crippen molar-refractivity contribution < 1.29 is 4.79 Å². The second kappa shape index (κ2) is 4.37. The Hall–Kier alpha value is -1.80. The summed E-state index contributed by atoms with van der Waals surface area (Å²) in [4.78, 5) is 12.1. The van der Waals surface area contributed by atoms with Crippen LogP contribution in [0, 0.1) is 0 Å². The van der Waals surface area contributed by atoms with Crippen LogP contribution in [0.3, 0.4) is 0 Å². The molecule has 2 nitrogen and oxygen atoms in total. The van der Waals surface area contributed by atoms with Crippen molar-refractivity contribution in [2.45, 2.75) is 0 Å². The average Bonchev–Trinajstić information content (AvgIpc) is 2.29. The third-order valence-electron chi connectivity index (χ3n) is 2.29. The van der Waals surface area contributed by atoms with Gasteiger partial charge in [-0.3, -0.25) is 4.79 Å². The number of halogens is 1. The van der Waals surface area contributed by atoms with E-state index < -0.39 is 0 Å². The van der Waals surface area contributed by atoms with Crippen LogP contribution in [-0.2, 0) is 0 Å². The molecule has 0 saturated carbocycles. The van der Waals surface area contributed by atoms with E-state index in [9.17, 15) is 4.79 Å². The van der Waals surface area contributed by atoms with Crippen molar-refractivity contribution in [1.82, 2.24) is 0 Å². The van der Waals surface area contributed by atoms with Gasteiger partial charge in [0, 0.05) is 21.8 Å². The molecule has 0 radical (unpaired) electrons. The second-order valence-electron chi connectivity index (χ2n) is 3.43. The molecule has 0 aliphatic carbocycles. The zero-order valence-corrected chi connectivity index (χ0v) is 9.24. The summed E-state index contributed by atoms with van der Waals surface area (Å²) < 4.78 is 0. The molecule has 0 aromatic heterocycles. The Balaban J connectivity index is 2.44. The van der Waals surface area contributed by atoms with Gasteiger partial charge in [-0.15, -0.1) is 0 Å². The van der Waals surface area contributed by atoms with Crippen LogP contribution in [0.15, 0.2) is 48.5 Å². The molecule has 2 rings (SSSR count). The molecule has 80 valence electrons. The molecule has 0 unspecified atom stereocenters. The highest BCUT2D eigenvalue weighted by molar-refractivity contribution is 6.31. The minimum Gasteiger partial charge on any atom is -0.398 e. The van der Waals surface area contributed by atoms with Crippen LogP contribution in [0.25, 0.3) is 0 Å². The molecule has 0 aliphatic rings. The first kappa shape index (κ1) is 10.7. The van der Waals surface area contributed by atoms with Gasteiger partial charge in [-0.05, 0) is 24.3 Å². The van der Waals surface area contributed by atoms with E-state index in [1.54, 1.807) is 48.5 Å².